The molecule has 24 heavy (non-hydrogen) atoms. The molecule has 1 heterocycles. The highest BCUT2D eigenvalue weighted by Gasteiger charge is 2.37. The maximum Gasteiger partial charge on any atom is 0.252 e. The van der Waals surface area contributed by atoms with Crippen molar-refractivity contribution in [2.45, 2.75) is 31.4 Å². The van der Waals surface area contributed by atoms with Crippen molar-refractivity contribution in [3.05, 3.63) is 60.2 Å². The van der Waals surface area contributed by atoms with E-state index in [0.29, 0.717) is 12.8 Å². The number of nitrogens with one attached hydrogen (secondary N) is 1. The summed E-state index contributed by atoms with van der Waals surface area (Å²) >= 11 is 1.79. The van der Waals surface area contributed by atoms with Gasteiger partial charge in [0.2, 0.25) is 0 Å². The van der Waals surface area contributed by atoms with Crippen molar-refractivity contribution >= 4 is 17.7 Å². The Morgan fingerprint density at radius 3 is 2.25 bits per heavy atom. The van der Waals surface area contributed by atoms with Crippen molar-refractivity contribution in [3.63, 3.8) is 0 Å². The highest BCUT2D eigenvalue weighted by atomic mass is 32.2. The molecule has 2 aromatic carbocycles. The second-order valence-electron chi connectivity index (χ2n) is 6.33. The minimum absolute atomic E-state index is 0.124. The fraction of sp³-hybridized carbons (Fsp3) is 0.350. The second kappa shape index (κ2) is 7.41. The topological polar surface area (TPSA) is 49.3 Å². The number of benzene rings is 2. The van der Waals surface area contributed by atoms with Gasteiger partial charge in [0.25, 0.3) is 5.91 Å². The van der Waals surface area contributed by atoms with Crippen LogP contribution in [0.3, 0.4) is 0 Å². The van der Waals surface area contributed by atoms with E-state index < -0.39 is 5.60 Å². The van der Waals surface area contributed by atoms with Crippen LogP contribution in [-0.2, 0) is 4.79 Å². The van der Waals surface area contributed by atoms with Gasteiger partial charge in [0.05, 0.1) is 6.04 Å². The Kier molecular flexibility index (Phi) is 5.27. The number of hydrogen-bond acceptors (Lipinski definition) is 3. The molecule has 0 saturated carbocycles. The number of hydrogen-bond donors (Lipinski definition) is 2. The summed E-state index contributed by atoms with van der Waals surface area (Å²) < 4.78 is 0. The van der Waals surface area contributed by atoms with Gasteiger partial charge in [-0.15, -0.1) is 0 Å². The van der Waals surface area contributed by atoms with Gasteiger partial charge in [-0.3, -0.25) is 4.79 Å². The molecule has 0 aliphatic carbocycles. The largest absolute Gasteiger partial charge is 0.380 e. The highest BCUT2D eigenvalue weighted by molar-refractivity contribution is 7.99. The SMILES string of the molecule is CC(NC(=O)C1(O)CCSCC1)c1ccc(-c2ccccc2)cc1. The summed E-state index contributed by atoms with van der Waals surface area (Å²) in [6.07, 6.45) is 1.06. The Hall–Kier alpha value is -1.78. The zero-order valence-corrected chi connectivity index (χ0v) is 14.7. The van der Waals surface area contributed by atoms with E-state index in [1.54, 1.807) is 11.8 Å². The van der Waals surface area contributed by atoms with E-state index in [1.165, 1.54) is 5.56 Å². The summed E-state index contributed by atoms with van der Waals surface area (Å²) in [5.74, 6) is 1.43. The molecule has 4 heteroatoms. The van der Waals surface area contributed by atoms with E-state index in [1.807, 2.05) is 37.3 Å². The number of amides is 1. The van der Waals surface area contributed by atoms with Gasteiger partial charge < -0.3 is 10.4 Å². The molecule has 0 aromatic heterocycles. The van der Waals surface area contributed by atoms with Crippen molar-refractivity contribution in [3.8, 4) is 11.1 Å². The van der Waals surface area contributed by atoms with E-state index in [9.17, 15) is 9.90 Å². The van der Waals surface area contributed by atoms with Crippen molar-refractivity contribution in [2.24, 2.45) is 0 Å². The van der Waals surface area contributed by atoms with Crippen LogP contribution >= 0.6 is 11.8 Å². The summed E-state index contributed by atoms with van der Waals surface area (Å²) in [5.41, 5.74) is 2.16. The van der Waals surface area contributed by atoms with Crippen molar-refractivity contribution in [1.29, 1.82) is 0 Å². The van der Waals surface area contributed by atoms with Crippen LogP contribution < -0.4 is 5.32 Å². The van der Waals surface area contributed by atoms with E-state index in [-0.39, 0.29) is 11.9 Å². The van der Waals surface area contributed by atoms with Crippen LogP contribution in [-0.4, -0.2) is 28.1 Å². The predicted octanol–water partition coefficient (Wildman–Crippen LogP) is 3.79. The molecule has 1 atom stereocenters. The Morgan fingerprint density at radius 2 is 1.62 bits per heavy atom. The average molecular weight is 341 g/mol. The minimum atomic E-state index is -1.20. The molecule has 1 saturated heterocycles. The van der Waals surface area contributed by atoms with Gasteiger partial charge >= 0.3 is 0 Å². The van der Waals surface area contributed by atoms with Gasteiger partial charge in [0.15, 0.2) is 0 Å². The Bertz CT molecular complexity index is 679. The van der Waals surface area contributed by atoms with Crippen LogP contribution in [0.1, 0.15) is 31.4 Å². The lowest BCUT2D eigenvalue weighted by Crippen LogP contribution is -2.49. The molecule has 126 valence electrons. The van der Waals surface area contributed by atoms with Gasteiger partial charge in [0, 0.05) is 0 Å². The quantitative estimate of drug-likeness (QED) is 0.889. The molecular weight excluding hydrogens is 318 g/mol. The molecule has 0 bridgehead atoms. The van der Waals surface area contributed by atoms with Crippen LogP contribution in [0, 0.1) is 0 Å². The Balaban J connectivity index is 1.67. The molecule has 1 aliphatic rings. The molecule has 0 radical (unpaired) electrons. The molecule has 1 unspecified atom stereocenters. The fourth-order valence-electron chi connectivity index (χ4n) is 2.95. The minimum Gasteiger partial charge on any atom is -0.380 e. The van der Waals surface area contributed by atoms with Crippen molar-refractivity contribution in [2.75, 3.05) is 11.5 Å². The number of rotatable bonds is 4. The molecule has 1 aliphatic heterocycles. The van der Waals surface area contributed by atoms with Crippen molar-refractivity contribution < 1.29 is 9.90 Å². The standard InChI is InChI=1S/C20H23NO2S/c1-15(21-19(22)20(23)11-13-24-14-12-20)16-7-9-18(10-8-16)17-5-3-2-4-6-17/h2-10,15,23H,11-14H2,1H3,(H,21,22). The number of thioether (sulfide) groups is 1. The Labute approximate surface area is 147 Å². The van der Waals surface area contributed by atoms with Crippen LogP contribution in [0.5, 0.6) is 0 Å². The normalized spacial score (nSPS) is 17.9. The first kappa shape index (κ1) is 17.1. The lowest BCUT2D eigenvalue weighted by atomic mass is 9.94. The summed E-state index contributed by atoms with van der Waals surface area (Å²) in [6, 6.07) is 18.3. The van der Waals surface area contributed by atoms with Gasteiger partial charge in [0.1, 0.15) is 5.60 Å². The first-order valence-corrected chi connectivity index (χ1v) is 9.50. The highest BCUT2D eigenvalue weighted by Crippen LogP contribution is 2.28. The summed E-state index contributed by atoms with van der Waals surface area (Å²) in [5, 5.41) is 13.5. The maximum atomic E-state index is 12.4. The van der Waals surface area contributed by atoms with Crippen LogP contribution in [0.15, 0.2) is 54.6 Å². The third kappa shape index (κ3) is 3.82. The molecule has 3 rings (SSSR count). The van der Waals surface area contributed by atoms with E-state index in [2.05, 4.69) is 29.6 Å². The smallest absolute Gasteiger partial charge is 0.252 e. The molecule has 1 amide bonds. The second-order valence-corrected chi connectivity index (χ2v) is 7.55. The fourth-order valence-corrected chi connectivity index (χ4v) is 4.11. The van der Waals surface area contributed by atoms with Gasteiger partial charge in [-0.2, -0.15) is 11.8 Å². The van der Waals surface area contributed by atoms with E-state index >= 15 is 0 Å². The van der Waals surface area contributed by atoms with Crippen LogP contribution in [0.2, 0.25) is 0 Å². The molecular formula is C20H23NO2S. The number of carbonyl (C=O) groups excluding carboxylic acids is 1. The first-order valence-electron chi connectivity index (χ1n) is 8.35. The summed E-state index contributed by atoms with van der Waals surface area (Å²) in [6.45, 7) is 1.95. The average Bonchev–Trinajstić information content (AvgIpc) is 2.63. The first-order chi connectivity index (χ1) is 11.6. The Morgan fingerprint density at radius 1 is 1.04 bits per heavy atom. The third-order valence-corrected chi connectivity index (χ3v) is 5.59. The lowest BCUT2D eigenvalue weighted by molar-refractivity contribution is -0.141. The number of carbonyl (C=O) groups is 1. The van der Waals surface area contributed by atoms with Crippen LogP contribution in [0.4, 0.5) is 0 Å². The van der Waals surface area contributed by atoms with Gasteiger partial charge in [-0.05, 0) is 48.0 Å². The zero-order valence-electron chi connectivity index (χ0n) is 13.9. The van der Waals surface area contributed by atoms with Gasteiger partial charge in [-0.1, -0.05) is 54.6 Å². The predicted molar refractivity (Wildman–Crippen MR) is 99.9 cm³/mol. The third-order valence-electron chi connectivity index (χ3n) is 4.61. The van der Waals surface area contributed by atoms with Gasteiger partial charge in [-0.25, -0.2) is 0 Å². The van der Waals surface area contributed by atoms with Crippen LogP contribution in [0.25, 0.3) is 11.1 Å². The maximum absolute atomic E-state index is 12.4. The summed E-state index contributed by atoms with van der Waals surface area (Å²) in [7, 11) is 0. The molecule has 2 N–H and O–H groups in total. The molecule has 1 fully saturated rings. The molecule has 2 aromatic rings. The zero-order chi connectivity index (χ0) is 17.0. The number of aliphatic hydroxyl groups is 1. The summed E-state index contributed by atoms with van der Waals surface area (Å²) in [4.78, 5) is 12.4. The molecule has 0 spiro atoms. The molecule has 3 nitrogen and oxygen atoms in total. The lowest BCUT2D eigenvalue weighted by Gasteiger charge is -2.31. The monoisotopic (exact) mass is 341 g/mol. The van der Waals surface area contributed by atoms with Crippen molar-refractivity contribution in [1.82, 2.24) is 5.32 Å². The van der Waals surface area contributed by atoms with E-state index in [0.717, 1.165) is 22.6 Å². The van der Waals surface area contributed by atoms with E-state index in [4.69, 9.17) is 0 Å².